The number of benzene rings is 1. The molecule has 112 valence electrons. The van der Waals surface area contributed by atoms with Gasteiger partial charge in [-0.2, -0.15) is 0 Å². The van der Waals surface area contributed by atoms with Crippen LogP contribution in [0.1, 0.15) is 26.2 Å². The zero-order chi connectivity index (χ0) is 14.8. The van der Waals surface area contributed by atoms with Gasteiger partial charge in [0.2, 0.25) is 0 Å². The summed E-state index contributed by atoms with van der Waals surface area (Å²) in [5.41, 5.74) is 0.377. The Kier molecular flexibility index (Phi) is 3.84. The van der Waals surface area contributed by atoms with Gasteiger partial charge in [0.25, 0.3) is 0 Å². The second-order valence-electron chi connectivity index (χ2n) is 5.17. The number of fused-ring (bicyclic) bond motifs is 1. The number of aliphatic hydroxyl groups is 1. The first-order chi connectivity index (χ1) is 10.2. The van der Waals surface area contributed by atoms with Crippen LogP contribution in [0.5, 0.6) is 5.75 Å². The van der Waals surface area contributed by atoms with Gasteiger partial charge in [-0.3, -0.25) is 0 Å². The van der Waals surface area contributed by atoms with E-state index in [4.69, 9.17) is 9.15 Å². The molecule has 1 aromatic carbocycles. The molecule has 5 nitrogen and oxygen atoms in total. The second-order valence-corrected chi connectivity index (χ2v) is 5.17. The molecule has 1 aliphatic rings. The number of piperidine rings is 1. The molecule has 1 aromatic heterocycles. The van der Waals surface area contributed by atoms with Gasteiger partial charge in [-0.05, 0) is 38.3 Å². The monoisotopic (exact) mass is 289 g/mol. The lowest BCUT2D eigenvalue weighted by atomic mass is 10.1. The second kappa shape index (κ2) is 5.77. The lowest BCUT2D eigenvalue weighted by Gasteiger charge is -2.33. The van der Waals surface area contributed by atoms with Gasteiger partial charge in [0.15, 0.2) is 11.4 Å². The first-order valence-electron chi connectivity index (χ1n) is 7.35. The summed E-state index contributed by atoms with van der Waals surface area (Å²) < 4.78 is 11.1. The lowest BCUT2D eigenvalue weighted by Crippen LogP contribution is -2.42. The smallest absolute Gasteiger partial charge is 0.364 e. The van der Waals surface area contributed by atoms with E-state index in [0.717, 1.165) is 18.2 Å². The molecule has 1 saturated heterocycles. The minimum atomic E-state index is -0.665. The predicted octanol–water partition coefficient (Wildman–Crippen LogP) is 2.50. The van der Waals surface area contributed by atoms with Gasteiger partial charge in [0, 0.05) is 6.54 Å². The molecule has 1 fully saturated rings. The molecule has 1 atom stereocenters. The quantitative estimate of drug-likeness (QED) is 0.880. The number of hydrogen-bond acceptors (Lipinski definition) is 5. The van der Waals surface area contributed by atoms with E-state index in [1.54, 1.807) is 11.0 Å². The van der Waals surface area contributed by atoms with Crippen molar-refractivity contribution in [1.82, 2.24) is 0 Å². The summed E-state index contributed by atoms with van der Waals surface area (Å²) in [7, 11) is 0. The van der Waals surface area contributed by atoms with Crippen molar-refractivity contribution in [2.45, 2.75) is 32.4 Å². The van der Waals surface area contributed by atoms with Crippen LogP contribution in [0, 0.1) is 0 Å². The summed E-state index contributed by atoms with van der Waals surface area (Å²) in [5, 5.41) is 11.0. The summed E-state index contributed by atoms with van der Waals surface area (Å²) >= 11 is 0. The maximum Gasteiger partial charge on any atom is 0.364 e. The summed E-state index contributed by atoms with van der Waals surface area (Å²) in [6.07, 6.45) is 1.88. The van der Waals surface area contributed by atoms with Gasteiger partial charge in [-0.15, -0.1) is 0 Å². The van der Waals surface area contributed by atoms with Gasteiger partial charge < -0.3 is 19.2 Å². The van der Waals surface area contributed by atoms with Crippen LogP contribution in [-0.2, 0) is 0 Å². The Morgan fingerprint density at radius 2 is 2.19 bits per heavy atom. The third-order valence-electron chi connectivity index (χ3n) is 3.79. The molecular weight excluding hydrogens is 270 g/mol. The molecule has 0 aliphatic carbocycles. The minimum Gasteiger partial charge on any atom is -0.491 e. The van der Waals surface area contributed by atoms with Crippen molar-refractivity contribution in [3.63, 3.8) is 0 Å². The summed E-state index contributed by atoms with van der Waals surface area (Å²) in [6, 6.07) is 7.30. The number of ether oxygens (including phenoxy) is 1. The van der Waals surface area contributed by atoms with Gasteiger partial charge in [0.05, 0.1) is 12.0 Å². The van der Waals surface area contributed by atoms with Gasteiger partial charge >= 0.3 is 5.63 Å². The molecule has 2 aromatic rings. The molecule has 3 rings (SSSR count). The van der Waals surface area contributed by atoms with Crippen molar-refractivity contribution in [2.24, 2.45) is 0 Å². The third-order valence-corrected chi connectivity index (χ3v) is 3.79. The highest BCUT2D eigenvalue weighted by atomic mass is 16.5. The van der Waals surface area contributed by atoms with Crippen LogP contribution in [0.25, 0.3) is 11.0 Å². The van der Waals surface area contributed by atoms with Crippen molar-refractivity contribution in [3.05, 3.63) is 34.7 Å². The van der Waals surface area contributed by atoms with Gasteiger partial charge in [0.1, 0.15) is 11.8 Å². The minimum absolute atomic E-state index is 0.336. The third kappa shape index (κ3) is 2.49. The van der Waals surface area contributed by atoms with Crippen LogP contribution in [0.3, 0.4) is 0 Å². The maximum atomic E-state index is 12.4. The molecule has 1 unspecified atom stereocenters. The molecule has 0 spiro atoms. The summed E-state index contributed by atoms with van der Waals surface area (Å²) in [6.45, 7) is 2.95. The normalized spacial score (nSPS) is 19.0. The van der Waals surface area contributed by atoms with E-state index < -0.39 is 11.9 Å². The Morgan fingerprint density at radius 1 is 1.38 bits per heavy atom. The lowest BCUT2D eigenvalue weighted by molar-refractivity contribution is 0.138. The number of anilines is 1. The SMILES string of the molecule is CCOc1c(N2CCCCC2O)c(=O)oc2ccccc12. The predicted molar refractivity (Wildman–Crippen MR) is 80.9 cm³/mol. The molecule has 5 heteroatoms. The summed E-state index contributed by atoms with van der Waals surface area (Å²) in [5.74, 6) is 0.505. The zero-order valence-electron chi connectivity index (χ0n) is 12.0. The van der Waals surface area contributed by atoms with Gasteiger partial charge in [-0.25, -0.2) is 4.79 Å². The topological polar surface area (TPSA) is 62.9 Å². The fourth-order valence-corrected chi connectivity index (χ4v) is 2.82. The number of nitrogens with zero attached hydrogens (tertiary/aromatic N) is 1. The molecular formula is C16H19NO4. The number of para-hydroxylation sites is 1. The standard InChI is InChI=1S/C16H19NO4/c1-2-20-15-11-7-3-4-8-12(11)21-16(19)14(15)17-10-6-5-9-13(17)18/h3-4,7-8,13,18H,2,5-6,9-10H2,1H3. The molecule has 0 bridgehead atoms. The highest BCUT2D eigenvalue weighted by molar-refractivity contribution is 5.88. The molecule has 0 radical (unpaired) electrons. The zero-order valence-corrected chi connectivity index (χ0v) is 12.0. The maximum absolute atomic E-state index is 12.4. The first kappa shape index (κ1) is 13.9. The van der Waals surface area contributed by atoms with Crippen molar-refractivity contribution in [3.8, 4) is 5.75 Å². The molecule has 1 aliphatic heterocycles. The number of hydrogen-bond donors (Lipinski definition) is 1. The Labute approximate surface area is 122 Å². The van der Waals surface area contributed by atoms with Crippen LogP contribution >= 0.6 is 0 Å². The van der Waals surface area contributed by atoms with Crippen LogP contribution in [0.4, 0.5) is 5.69 Å². The molecule has 1 N–H and O–H groups in total. The van der Waals surface area contributed by atoms with Crippen molar-refractivity contribution in [2.75, 3.05) is 18.1 Å². The van der Waals surface area contributed by atoms with Crippen LogP contribution in [-0.4, -0.2) is 24.5 Å². The van der Waals surface area contributed by atoms with Crippen molar-refractivity contribution >= 4 is 16.7 Å². The van der Waals surface area contributed by atoms with Crippen LogP contribution < -0.4 is 15.3 Å². The molecule has 2 heterocycles. The van der Waals surface area contributed by atoms with Crippen LogP contribution in [0.2, 0.25) is 0 Å². The summed E-state index contributed by atoms with van der Waals surface area (Å²) in [4.78, 5) is 14.1. The van der Waals surface area contributed by atoms with Crippen molar-refractivity contribution in [1.29, 1.82) is 0 Å². The van der Waals surface area contributed by atoms with Crippen LogP contribution in [0.15, 0.2) is 33.5 Å². The fourth-order valence-electron chi connectivity index (χ4n) is 2.82. The van der Waals surface area contributed by atoms with E-state index in [0.29, 0.717) is 36.6 Å². The fraction of sp³-hybridized carbons (Fsp3) is 0.438. The highest BCUT2D eigenvalue weighted by Crippen LogP contribution is 2.35. The Morgan fingerprint density at radius 3 is 2.95 bits per heavy atom. The Bertz CT molecular complexity index is 694. The van der Waals surface area contributed by atoms with E-state index in [1.165, 1.54) is 0 Å². The highest BCUT2D eigenvalue weighted by Gasteiger charge is 2.28. The average Bonchev–Trinajstić information content (AvgIpc) is 2.49. The molecule has 0 amide bonds. The van der Waals surface area contributed by atoms with Crippen molar-refractivity contribution < 1.29 is 14.3 Å². The molecule has 21 heavy (non-hydrogen) atoms. The largest absolute Gasteiger partial charge is 0.491 e. The first-order valence-corrected chi connectivity index (χ1v) is 7.35. The van der Waals surface area contributed by atoms with E-state index in [9.17, 15) is 9.90 Å². The molecule has 0 saturated carbocycles. The Hall–Kier alpha value is -2.01. The van der Waals surface area contributed by atoms with E-state index in [2.05, 4.69) is 0 Å². The number of rotatable bonds is 3. The van der Waals surface area contributed by atoms with E-state index in [-0.39, 0.29) is 0 Å². The van der Waals surface area contributed by atoms with E-state index >= 15 is 0 Å². The number of aliphatic hydroxyl groups excluding tert-OH is 1. The Balaban J connectivity index is 2.22. The van der Waals surface area contributed by atoms with Gasteiger partial charge in [-0.1, -0.05) is 12.1 Å². The average molecular weight is 289 g/mol. The van der Waals surface area contributed by atoms with E-state index in [1.807, 2.05) is 25.1 Å².